The molecule has 2 saturated heterocycles. The van der Waals surface area contributed by atoms with Crippen molar-refractivity contribution in [3.05, 3.63) is 30.1 Å². The SMILES string of the molecule is O=C(CSCCN1CCCC1)NC1CCN(Cc2ccncc2)CC1. The highest BCUT2D eigenvalue weighted by Crippen LogP contribution is 2.14. The van der Waals surface area contributed by atoms with Gasteiger partial charge in [-0.15, -0.1) is 0 Å². The van der Waals surface area contributed by atoms with Gasteiger partial charge in [0.1, 0.15) is 0 Å². The van der Waals surface area contributed by atoms with E-state index in [1.165, 1.54) is 31.5 Å². The van der Waals surface area contributed by atoms with Crippen LogP contribution in [0.4, 0.5) is 0 Å². The summed E-state index contributed by atoms with van der Waals surface area (Å²) in [5.41, 5.74) is 1.31. The molecule has 1 aromatic heterocycles. The minimum absolute atomic E-state index is 0.207. The van der Waals surface area contributed by atoms with Crippen LogP contribution >= 0.6 is 11.8 Å². The number of pyridine rings is 1. The van der Waals surface area contributed by atoms with E-state index in [1.807, 2.05) is 12.4 Å². The van der Waals surface area contributed by atoms with Crippen LogP contribution in [0.2, 0.25) is 0 Å². The quantitative estimate of drug-likeness (QED) is 0.717. The molecular formula is C19H30N4OS. The molecule has 0 aliphatic carbocycles. The van der Waals surface area contributed by atoms with E-state index in [0.29, 0.717) is 11.8 Å². The zero-order valence-electron chi connectivity index (χ0n) is 15.0. The van der Waals surface area contributed by atoms with E-state index in [2.05, 4.69) is 32.2 Å². The lowest BCUT2D eigenvalue weighted by Gasteiger charge is -2.32. The predicted molar refractivity (Wildman–Crippen MR) is 104 cm³/mol. The number of amides is 1. The molecule has 2 aliphatic rings. The third-order valence-corrected chi connectivity index (χ3v) is 6.03. The van der Waals surface area contributed by atoms with Crippen molar-refractivity contribution >= 4 is 17.7 Å². The molecule has 0 aromatic carbocycles. The summed E-state index contributed by atoms with van der Waals surface area (Å²) >= 11 is 1.77. The highest BCUT2D eigenvalue weighted by Gasteiger charge is 2.20. The largest absolute Gasteiger partial charge is 0.353 e. The van der Waals surface area contributed by atoms with Crippen LogP contribution in [0.15, 0.2) is 24.5 Å². The molecule has 0 atom stereocenters. The first-order valence-electron chi connectivity index (χ1n) is 9.50. The fraction of sp³-hybridized carbons (Fsp3) is 0.684. The standard InChI is InChI=1S/C19H30N4OS/c24-19(16-25-14-13-22-9-1-2-10-22)21-18-5-11-23(12-6-18)15-17-3-7-20-8-4-17/h3-4,7-8,18H,1-2,5-6,9-16H2,(H,21,24). The number of hydrogen-bond donors (Lipinski definition) is 1. The number of rotatable bonds is 8. The molecule has 0 radical (unpaired) electrons. The summed E-state index contributed by atoms with van der Waals surface area (Å²) in [6.45, 7) is 6.70. The van der Waals surface area contributed by atoms with Gasteiger partial charge in [-0.2, -0.15) is 11.8 Å². The Hall–Kier alpha value is -1.11. The molecule has 6 heteroatoms. The van der Waals surface area contributed by atoms with Crippen LogP contribution in [0.3, 0.4) is 0 Å². The van der Waals surface area contributed by atoms with E-state index in [4.69, 9.17) is 0 Å². The van der Waals surface area contributed by atoms with Gasteiger partial charge in [0.25, 0.3) is 0 Å². The topological polar surface area (TPSA) is 48.5 Å². The molecule has 3 rings (SSSR count). The molecule has 0 saturated carbocycles. The summed E-state index contributed by atoms with van der Waals surface area (Å²) < 4.78 is 0. The number of thioether (sulfide) groups is 1. The number of hydrogen-bond acceptors (Lipinski definition) is 5. The van der Waals surface area contributed by atoms with Crippen molar-refractivity contribution in [1.82, 2.24) is 20.1 Å². The first kappa shape index (κ1) is 18.7. The fourth-order valence-corrected chi connectivity index (χ4v) is 4.42. The van der Waals surface area contributed by atoms with Crippen LogP contribution in [0.5, 0.6) is 0 Å². The Balaban J connectivity index is 1.26. The van der Waals surface area contributed by atoms with Gasteiger partial charge in [-0.1, -0.05) is 0 Å². The summed E-state index contributed by atoms with van der Waals surface area (Å²) in [4.78, 5) is 21.1. The second kappa shape index (κ2) is 10.1. The maximum Gasteiger partial charge on any atom is 0.230 e. The second-order valence-corrected chi connectivity index (χ2v) is 8.18. The third-order valence-electron chi connectivity index (χ3n) is 5.09. The zero-order valence-corrected chi connectivity index (χ0v) is 15.8. The molecule has 5 nitrogen and oxygen atoms in total. The van der Waals surface area contributed by atoms with Gasteiger partial charge in [-0.05, 0) is 56.5 Å². The molecular weight excluding hydrogens is 332 g/mol. The Morgan fingerprint density at radius 3 is 2.56 bits per heavy atom. The van der Waals surface area contributed by atoms with Crippen molar-refractivity contribution in [3.63, 3.8) is 0 Å². The normalized spacial score (nSPS) is 20.0. The molecule has 0 spiro atoms. The van der Waals surface area contributed by atoms with Gasteiger partial charge < -0.3 is 10.2 Å². The van der Waals surface area contributed by atoms with Crippen molar-refractivity contribution in [2.75, 3.05) is 44.2 Å². The lowest BCUT2D eigenvalue weighted by atomic mass is 10.0. The molecule has 0 bridgehead atoms. The van der Waals surface area contributed by atoms with Gasteiger partial charge in [0, 0.05) is 50.4 Å². The number of nitrogens with one attached hydrogen (secondary N) is 1. The van der Waals surface area contributed by atoms with Gasteiger partial charge in [0.05, 0.1) is 5.75 Å². The van der Waals surface area contributed by atoms with Gasteiger partial charge in [-0.25, -0.2) is 0 Å². The molecule has 2 aliphatic heterocycles. The summed E-state index contributed by atoms with van der Waals surface area (Å²) in [5.74, 6) is 1.88. The van der Waals surface area contributed by atoms with Crippen LogP contribution in [-0.2, 0) is 11.3 Å². The fourth-order valence-electron chi connectivity index (χ4n) is 3.62. The molecule has 138 valence electrons. The van der Waals surface area contributed by atoms with Gasteiger partial charge in [-0.3, -0.25) is 14.7 Å². The number of carbonyl (C=O) groups excluding carboxylic acids is 1. The maximum absolute atomic E-state index is 12.1. The van der Waals surface area contributed by atoms with Crippen LogP contribution in [0, 0.1) is 0 Å². The molecule has 1 amide bonds. The molecule has 3 heterocycles. The van der Waals surface area contributed by atoms with Crippen LogP contribution in [0.1, 0.15) is 31.2 Å². The monoisotopic (exact) mass is 362 g/mol. The van der Waals surface area contributed by atoms with Crippen molar-refractivity contribution in [3.8, 4) is 0 Å². The van der Waals surface area contributed by atoms with E-state index >= 15 is 0 Å². The maximum atomic E-state index is 12.1. The van der Waals surface area contributed by atoms with Crippen LogP contribution < -0.4 is 5.32 Å². The molecule has 2 fully saturated rings. The van der Waals surface area contributed by atoms with E-state index in [0.717, 1.165) is 44.8 Å². The lowest BCUT2D eigenvalue weighted by Crippen LogP contribution is -2.44. The van der Waals surface area contributed by atoms with Crippen LogP contribution in [-0.4, -0.2) is 71.0 Å². The highest BCUT2D eigenvalue weighted by atomic mass is 32.2. The lowest BCUT2D eigenvalue weighted by molar-refractivity contribution is -0.119. The Morgan fingerprint density at radius 2 is 1.84 bits per heavy atom. The van der Waals surface area contributed by atoms with Gasteiger partial charge >= 0.3 is 0 Å². The minimum atomic E-state index is 0.207. The van der Waals surface area contributed by atoms with Crippen molar-refractivity contribution < 1.29 is 4.79 Å². The molecule has 0 unspecified atom stereocenters. The smallest absolute Gasteiger partial charge is 0.230 e. The van der Waals surface area contributed by atoms with Gasteiger partial charge in [0.15, 0.2) is 0 Å². The third kappa shape index (κ3) is 6.60. The molecule has 1 N–H and O–H groups in total. The Morgan fingerprint density at radius 1 is 1.12 bits per heavy atom. The number of aromatic nitrogens is 1. The summed E-state index contributed by atoms with van der Waals surface area (Å²) in [7, 11) is 0. The van der Waals surface area contributed by atoms with E-state index in [1.54, 1.807) is 11.8 Å². The number of nitrogens with zero attached hydrogens (tertiary/aromatic N) is 3. The Kier molecular flexibility index (Phi) is 7.57. The Bertz CT molecular complexity index is 513. The number of piperidine rings is 1. The first-order chi connectivity index (χ1) is 12.3. The first-order valence-corrected chi connectivity index (χ1v) is 10.7. The second-order valence-electron chi connectivity index (χ2n) is 7.07. The molecule has 1 aromatic rings. The molecule has 25 heavy (non-hydrogen) atoms. The minimum Gasteiger partial charge on any atom is -0.353 e. The van der Waals surface area contributed by atoms with Crippen molar-refractivity contribution in [2.45, 2.75) is 38.3 Å². The highest BCUT2D eigenvalue weighted by molar-refractivity contribution is 7.99. The van der Waals surface area contributed by atoms with Gasteiger partial charge in [0.2, 0.25) is 5.91 Å². The van der Waals surface area contributed by atoms with Crippen molar-refractivity contribution in [1.29, 1.82) is 0 Å². The van der Waals surface area contributed by atoms with E-state index < -0.39 is 0 Å². The average Bonchev–Trinajstić information content (AvgIpc) is 3.15. The van der Waals surface area contributed by atoms with Crippen LogP contribution in [0.25, 0.3) is 0 Å². The average molecular weight is 363 g/mol. The summed E-state index contributed by atoms with van der Waals surface area (Å²) in [6.07, 6.45) is 8.48. The van der Waals surface area contributed by atoms with E-state index in [-0.39, 0.29) is 5.91 Å². The number of carbonyl (C=O) groups is 1. The van der Waals surface area contributed by atoms with Crippen molar-refractivity contribution in [2.24, 2.45) is 0 Å². The summed E-state index contributed by atoms with van der Waals surface area (Å²) in [6, 6.07) is 4.50. The Labute approximate surface area is 155 Å². The number of likely N-dealkylation sites (tertiary alicyclic amines) is 2. The summed E-state index contributed by atoms with van der Waals surface area (Å²) in [5, 5.41) is 3.22. The zero-order chi connectivity index (χ0) is 17.3. The van der Waals surface area contributed by atoms with E-state index in [9.17, 15) is 4.79 Å². The predicted octanol–water partition coefficient (Wildman–Crippen LogP) is 1.99.